The van der Waals surface area contributed by atoms with E-state index in [2.05, 4.69) is 34.6 Å². The summed E-state index contributed by atoms with van der Waals surface area (Å²) in [5, 5.41) is 11.9. The maximum Gasteiger partial charge on any atom is 0.255 e. The molecule has 0 unspecified atom stereocenters. The molecule has 156 valence electrons. The lowest BCUT2D eigenvalue weighted by molar-refractivity contribution is 0.0930. The molecule has 2 aromatic rings. The van der Waals surface area contributed by atoms with Crippen LogP contribution in [0.25, 0.3) is 0 Å². The van der Waals surface area contributed by atoms with Crippen LogP contribution < -0.4 is 10.1 Å². The van der Waals surface area contributed by atoms with Crippen molar-refractivity contribution in [1.29, 1.82) is 5.26 Å². The van der Waals surface area contributed by atoms with Crippen LogP contribution in [-0.4, -0.2) is 25.3 Å². The van der Waals surface area contributed by atoms with Crippen LogP contribution in [-0.2, 0) is 5.41 Å². The molecule has 1 N–H and O–H groups in total. The van der Waals surface area contributed by atoms with Crippen LogP contribution in [0.4, 0.5) is 0 Å². The van der Waals surface area contributed by atoms with Crippen molar-refractivity contribution in [3.8, 4) is 11.9 Å². The molecule has 2 aromatic carbocycles. The zero-order chi connectivity index (χ0) is 21.4. The third-order valence-electron chi connectivity index (χ3n) is 6.21. The minimum atomic E-state index is -0.109. The third-order valence-corrected chi connectivity index (χ3v) is 6.21. The SMILES string of the molecule is COc1ccccc1C(=O)NCC1(c2ccccc2)CCC(CC(C)=NC#N)CC1. The lowest BCUT2D eigenvalue weighted by atomic mass is 9.66. The van der Waals surface area contributed by atoms with Gasteiger partial charge in [0.05, 0.1) is 12.7 Å². The standard InChI is InChI=1S/C25H29N3O2/c1-19(28-18-26)16-20-12-14-25(15-13-20,21-8-4-3-5-9-21)17-27-24(29)22-10-6-7-11-23(22)30-2/h3-11,20H,12-17H2,1-2H3,(H,27,29). The Labute approximate surface area is 178 Å². The van der Waals surface area contributed by atoms with E-state index in [4.69, 9.17) is 10.00 Å². The molecule has 1 aliphatic rings. The van der Waals surface area contributed by atoms with Gasteiger partial charge in [0, 0.05) is 17.7 Å². The number of nitrogens with zero attached hydrogens (tertiary/aromatic N) is 2. The Morgan fingerprint density at radius 2 is 1.83 bits per heavy atom. The van der Waals surface area contributed by atoms with E-state index in [-0.39, 0.29) is 11.3 Å². The molecule has 1 fully saturated rings. The van der Waals surface area contributed by atoms with Crippen LogP contribution in [0.2, 0.25) is 0 Å². The van der Waals surface area contributed by atoms with Crippen molar-refractivity contribution in [2.45, 2.75) is 44.4 Å². The summed E-state index contributed by atoms with van der Waals surface area (Å²) in [6.07, 6.45) is 6.85. The molecule has 1 saturated carbocycles. The smallest absolute Gasteiger partial charge is 0.255 e. The number of carbonyl (C=O) groups excluding carboxylic acids is 1. The average molecular weight is 404 g/mol. The second-order valence-corrected chi connectivity index (χ2v) is 8.12. The summed E-state index contributed by atoms with van der Waals surface area (Å²) in [5.41, 5.74) is 2.64. The number of methoxy groups -OCH3 is 1. The first kappa shape index (κ1) is 21.6. The largest absolute Gasteiger partial charge is 0.496 e. The number of hydrogen-bond acceptors (Lipinski definition) is 4. The average Bonchev–Trinajstić information content (AvgIpc) is 2.79. The van der Waals surface area contributed by atoms with Gasteiger partial charge in [0.2, 0.25) is 6.19 Å². The van der Waals surface area contributed by atoms with E-state index in [1.54, 1.807) is 19.2 Å². The highest BCUT2D eigenvalue weighted by Gasteiger charge is 2.37. The molecular weight excluding hydrogens is 374 g/mol. The van der Waals surface area contributed by atoms with Gasteiger partial charge in [0.25, 0.3) is 5.91 Å². The van der Waals surface area contributed by atoms with Crippen molar-refractivity contribution in [3.63, 3.8) is 0 Å². The lowest BCUT2D eigenvalue weighted by Gasteiger charge is -2.41. The molecular formula is C25H29N3O2. The normalized spacial score (nSPS) is 21.5. The molecule has 5 heteroatoms. The first-order valence-corrected chi connectivity index (χ1v) is 10.5. The summed E-state index contributed by atoms with van der Waals surface area (Å²) in [7, 11) is 1.58. The predicted molar refractivity (Wildman–Crippen MR) is 119 cm³/mol. The highest BCUT2D eigenvalue weighted by Crippen LogP contribution is 2.42. The molecule has 0 spiro atoms. The number of ether oxygens (including phenoxy) is 1. The van der Waals surface area contributed by atoms with Crippen molar-refractivity contribution in [3.05, 3.63) is 65.7 Å². The first-order chi connectivity index (χ1) is 14.6. The molecule has 3 rings (SSSR count). The Balaban J connectivity index is 1.74. The number of carbonyl (C=O) groups is 1. The molecule has 0 saturated heterocycles. The number of aliphatic imine (C=N–C) groups is 1. The minimum Gasteiger partial charge on any atom is -0.496 e. The molecule has 0 bridgehead atoms. The van der Waals surface area contributed by atoms with E-state index >= 15 is 0 Å². The Morgan fingerprint density at radius 3 is 2.50 bits per heavy atom. The number of nitriles is 1. The van der Waals surface area contributed by atoms with Gasteiger partial charge >= 0.3 is 0 Å². The second kappa shape index (κ2) is 10.1. The molecule has 0 aliphatic heterocycles. The van der Waals surface area contributed by atoms with Gasteiger partial charge in [-0.3, -0.25) is 4.79 Å². The van der Waals surface area contributed by atoms with Crippen molar-refractivity contribution in [2.75, 3.05) is 13.7 Å². The van der Waals surface area contributed by atoms with E-state index in [0.29, 0.717) is 23.8 Å². The van der Waals surface area contributed by atoms with Gasteiger partial charge in [-0.05, 0) is 62.6 Å². The van der Waals surface area contributed by atoms with Crippen LogP contribution >= 0.6 is 0 Å². The lowest BCUT2D eigenvalue weighted by Crippen LogP contribution is -2.43. The zero-order valence-corrected chi connectivity index (χ0v) is 17.7. The number of hydrogen-bond donors (Lipinski definition) is 1. The molecule has 1 aliphatic carbocycles. The fraction of sp³-hybridized carbons (Fsp3) is 0.400. The van der Waals surface area contributed by atoms with E-state index in [9.17, 15) is 4.79 Å². The van der Waals surface area contributed by atoms with Crippen molar-refractivity contribution >= 4 is 11.6 Å². The first-order valence-electron chi connectivity index (χ1n) is 10.5. The van der Waals surface area contributed by atoms with E-state index < -0.39 is 0 Å². The van der Waals surface area contributed by atoms with Gasteiger partial charge in [-0.25, -0.2) is 0 Å². The summed E-state index contributed by atoms with van der Waals surface area (Å²) < 4.78 is 5.34. The van der Waals surface area contributed by atoms with Gasteiger partial charge in [0.15, 0.2) is 0 Å². The van der Waals surface area contributed by atoms with Gasteiger partial charge in [0.1, 0.15) is 5.75 Å². The highest BCUT2D eigenvalue weighted by atomic mass is 16.5. The molecule has 0 atom stereocenters. The van der Waals surface area contributed by atoms with E-state index in [1.807, 2.05) is 31.3 Å². The summed E-state index contributed by atoms with van der Waals surface area (Å²) in [6, 6.07) is 17.8. The number of benzene rings is 2. The molecule has 0 aromatic heterocycles. The number of rotatable bonds is 7. The van der Waals surface area contributed by atoms with Gasteiger partial charge in [-0.2, -0.15) is 10.3 Å². The van der Waals surface area contributed by atoms with E-state index in [1.165, 1.54) is 5.56 Å². The predicted octanol–water partition coefficient (Wildman–Crippen LogP) is 4.89. The summed E-state index contributed by atoms with van der Waals surface area (Å²) >= 11 is 0. The van der Waals surface area contributed by atoms with Gasteiger partial charge < -0.3 is 10.1 Å². The Morgan fingerprint density at radius 1 is 1.17 bits per heavy atom. The Bertz CT molecular complexity index is 923. The molecule has 0 radical (unpaired) electrons. The monoisotopic (exact) mass is 403 g/mol. The fourth-order valence-electron chi connectivity index (χ4n) is 4.52. The summed E-state index contributed by atoms with van der Waals surface area (Å²) in [6.45, 7) is 2.52. The molecule has 0 heterocycles. The second-order valence-electron chi connectivity index (χ2n) is 8.12. The van der Waals surface area contributed by atoms with Crippen LogP contribution in [0.1, 0.15) is 54.9 Å². The maximum absolute atomic E-state index is 12.9. The van der Waals surface area contributed by atoms with Crippen LogP contribution in [0, 0.1) is 17.4 Å². The van der Waals surface area contributed by atoms with Gasteiger partial charge in [-0.1, -0.05) is 42.5 Å². The molecule has 30 heavy (non-hydrogen) atoms. The topological polar surface area (TPSA) is 74.5 Å². The Kier molecular flexibility index (Phi) is 7.24. The number of nitrogens with one attached hydrogen (secondary N) is 1. The van der Waals surface area contributed by atoms with Crippen LogP contribution in [0.15, 0.2) is 59.6 Å². The zero-order valence-electron chi connectivity index (χ0n) is 17.7. The third kappa shape index (κ3) is 5.07. The number of amides is 1. The van der Waals surface area contributed by atoms with Crippen LogP contribution in [0.3, 0.4) is 0 Å². The van der Waals surface area contributed by atoms with E-state index in [0.717, 1.165) is 37.8 Å². The minimum absolute atomic E-state index is 0.0876. The maximum atomic E-state index is 12.9. The summed E-state index contributed by atoms with van der Waals surface area (Å²) in [5.74, 6) is 1.01. The van der Waals surface area contributed by atoms with Crippen molar-refractivity contribution in [1.82, 2.24) is 5.32 Å². The van der Waals surface area contributed by atoms with Crippen LogP contribution in [0.5, 0.6) is 5.75 Å². The van der Waals surface area contributed by atoms with Crippen molar-refractivity contribution in [2.24, 2.45) is 10.9 Å². The number of para-hydroxylation sites is 1. The highest BCUT2D eigenvalue weighted by molar-refractivity contribution is 5.97. The fourth-order valence-corrected chi connectivity index (χ4v) is 4.52. The quantitative estimate of drug-likeness (QED) is 0.528. The molecule has 5 nitrogen and oxygen atoms in total. The van der Waals surface area contributed by atoms with Gasteiger partial charge in [-0.15, -0.1) is 0 Å². The molecule has 1 amide bonds. The Hall–Kier alpha value is -3.13. The summed E-state index contributed by atoms with van der Waals surface area (Å²) in [4.78, 5) is 16.8. The van der Waals surface area contributed by atoms with Crippen molar-refractivity contribution < 1.29 is 9.53 Å².